The van der Waals surface area contributed by atoms with E-state index in [9.17, 15) is 4.79 Å². The van der Waals surface area contributed by atoms with E-state index in [-0.39, 0.29) is 13.4 Å². The molecule has 1 atom stereocenters. The largest absolute Gasteiger partial charge is 0.468 e. The number of benzene rings is 1. The van der Waals surface area contributed by atoms with Gasteiger partial charge in [0.05, 0.1) is 7.11 Å². The van der Waals surface area contributed by atoms with Gasteiger partial charge in [0.25, 0.3) is 0 Å². The number of esters is 1. The van der Waals surface area contributed by atoms with E-state index in [1.54, 1.807) is 7.05 Å². The Hall–Kier alpha value is -1.35. The zero-order valence-corrected chi connectivity index (χ0v) is 7.78. The number of nitrogens with one attached hydrogen (secondary N) is 1. The summed E-state index contributed by atoms with van der Waals surface area (Å²) in [6.45, 7) is 0. The summed E-state index contributed by atoms with van der Waals surface area (Å²) < 4.78 is 4.66. The van der Waals surface area contributed by atoms with Crippen LogP contribution in [0.3, 0.4) is 0 Å². The molecule has 0 spiro atoms. The van der Waals surface area contributed by atoms with Crippen LogP contribution in [0.25, 0.3) is 0 Å². The fourth-order valence-corrected chi connectivity index (χ4v) is 1.18. The minimum Gasteiger partial charge on any atom is -0.468 e. The Bertz CT molecular complexity index is 277. The Balaban J connectivity index is 0.00000169. The zero-order chi connectivity index (χ0) is 9.68. The van der Waals surface area contributed by atoms with Gasteiger partial charge in [0.2, 0.25) is 0 Å². The van der Waals surface area contributed by atoms with Crippen LogP contribution in [0.15, 0.2) is 30.3 Å². The molecule has 1 unspecified atom stereocenters. The van der Waals surface area contributed by atoms with E-state index in [0.29, 0.717) is 0 Å². The van der Waals surface area contributed by atoms with Crippen LogP contribution in [0, 0.1) is 0 Å². The molecule has 0 fully saturated rings. The topological polar surface area (TPSA) is 38.3 Å². The van der Waals surface area contributed by atoms with Crippen LogP contribution in [0.4, 0.5) is 0 Å². The summed E-state index contributed by atoms with van der Waals surface area (Å²) in [5, 5.41) is 2.89. The molecule has 0 heterocycles. The number of carbonyl (C=O) groups excluding carboxylic acids is 1. The highest BCUT2D eigenvalue weighted by molar-refractivity contribution is 5.77. The summed E-state index contributed by atoms with van der Waals surface area (Å²) >= 11 is 0. The van der Waals surface area contributed by atoms with E-state index in [4.69, 9.17) is 0 Å². The van der Waals surface area contributed by atoms with E-state index in [2.05, 4.69) is 10.1 Å². The zero-order valence-electron chi connectivity index (χ0n) is 7.78. The summed E-state index contributed by atoms with van der Waals surface area (Å²) in [5.74, 6) is -0.270. The predicted molar refractivity (Wildman–Crippen MR) is 52.4 cm³/mol. The van der Waals surface area contributed by atoms with Gasteiger partial charge in [-0.25, -0.2) is 4.79 Å². The van der Waals surface area contributed by atoms with Gasteiger partial charge in [0.15, 0.2) is 0 Å². The van der Waals surface area contributed by atoms with Crippen molar-refractivity contribution in [3.63, 3.8) is 0 Å². The number of hydrogen-bond acceptors (Lipinski definition) is 3. The number of methoxy groups -OCH3 is 1. The average molecular weight is 181 g/mol. The van der Waals surface area contributed by atoms with Gasteiger partial charge in [0, 0.05) is 1.43 Å². The SMILES string of the molecule is CNC(C(=O)OC)c1ccccc1.[HH]. The first kappa shape index (κ1) is 9.74. The highest BCUT2D eigenvalue weighted by atomic mass is 16.5. The maximum Gasteiger partial charge on any atom is 0.327 e. The van der Waals surface area contributed by atoms with Crippen molar-refractivity contribution in [1.82, 2.24) is 5.32 Å². The molecular weight excluding hydrogens is 166 g/mol. The molecule has 0 aromatic heterocycles. The number of carbonyl (C=O) groups is 1. The van der Waals surface area contributed by atoms with Crippen LogP contribution in [0.1, 0.15) is 13.0 Å². The number of ether oxygens (including phenoxy) is 1. The van der Waals surface area contributed by atoms with Crippen molar-refractivity contribution in [3.8, 4) is 0 Å². The van der Waals surface area contributed by atoms with Gasteiger partial charge in [-0.05, 0) is 12.6 Å². The molecule has 0 aliphatic rings. The van der Waals surface area contributed by atoms with Crippen molar-refractivity contribution < 1.29 is 11.0 Å². The Morgan fingerprint density at radius 2 is 2.08 bits per heavy atom. The second-order valence-corrected chi connectivity index (χ2v) is 2.66. The Labute approximate surface area is 79.2 Å². The average Bonchev–Trinajstić information content (AvgIpc) is 2.20. The molecule has 3 heteroatoms. The molecule has 0 radical (unpaired) electrons. The first-order valence-electron chi connectivity index (χ1n) is 4.09. The molecular formula is C10H15NO2. The van der Waals surface area contributed by atoms with Crippen LogP contribution in [0.5, 0.6) is 0 Å². The van der Waals surface area contributed by atoms with E-state index in [1.807, 2.05) is 30.3 Å². The summed E-state index contributed by atoms with van der Waals surface area (Å²) in [6.07, 6.45) is 0. The predicted octanol–water partition coefficient (Wildman–Crippen LogP) is 1.37. The molecule has 1 aromatic carbocycles. The van der Waals surface area contributed by atoms with Crippen LogP contribution < -0.4 is 5.32 Å². The van der Waals surface area contributed by atoms with Crippen molar-refractivity contribution in [1.29, 1.82) is 0 Å². The van der Waals surface area contributed by atoms with Gasteiger partial charge in [0.1, 0.15) is 6.04 Å². The smallest absolute Gasteiger partial charge is 0.327 e. The summed E-state index contributed by atoms with van der Waals surface area (Å²) in [4.78, 5) is 11.3. The van der Waals surface area contributed by atoms with E-state index >= 15 is 0 Å². The van der Waals surface area contributed by atoms with Crippen molar-refractivity contribution in [2.45, 2.75) is 6.04 Å². The normalized spacial score (nSPS) is 12.2. The number of likely N-dealkylation sites (N-methyl/N-ethyl adjacent to an activating group) is 1. The van der Waals surface area contributed by atoms with Crippen molar-refractivity contribution in [3.05, 3.63) is 35.9 Å². The Morgan fingerprint density at radius 3 is 2.54 bits per heavy atom. The van der Waals surface area contributed by atoms with Crippen molar-refractivity contribution in [2.75, 3.05) is 14.2 Å². The van der Waals surface area contributed by atoms with E-state index in [0.717, 1.165) is 5.56 Å². The Kier molecular flexibility index (Phi) is 3.46. The molecule has 0 saturated heterocycles. The minimum absolute atomic E-state index is 0. The third kappa shape index (κ3) is 2.29. The van der Waals surface area contributed by atoms with Crippen LogP contribution in [-0.2, 0) is 9.53 Å². The van der Waals surface area contributed by atoms with Gasteiger partial charge >= 0.3 is 5.97 Å². The van der Waals surface area contributed by atoms with Gasteiger partial charge < -0.3 is 10.1 Å². The molecule has 0 aliphatic heterocycles. The Morgan fingerprint density at radius 1 is 1.46 bits per heavy atom. The van der Waals surface area contributed by atoms with Gasteiger partial charge in [-0.2, -0.15) is 0 Å². The van der Waals surface area contributed by atoms with E-state index in [1.165, 1.54) is 7.11 Å². The molecule has 72 valence electrons. The standard InChI is InChI=1S/C10H13NO2.H2/c1-11-9(10(12)13-2)8-6-4-3-5-7-8;/h3-7,9,11H,1-2H3;1H. The highest BCUT2D eigenvalue weighted by Gasteiger charge is 2.17. The van der Waals surface area contributed by atoms with Gasteiger partial charge in [-0.3, -0.25) is 0 Å². The van der Waals surface area contributed by atoms with Crippen LogP contribution >= 0.6 is 0 Å². The molecule has 1 rings (SSSR count). The first-order valence-corrected chi connectivity index (χ1v) is 4.09. The summed E-state index contributed by atoms with van der Waals surface area (Å²) in [5.41, 5.74) is 0.914. The number of hydrogen-bond donors (Lipinski definition) is 1. The lowest BCUT2D eigenvalue weighted by Gasteiger charge is -2.13. The van der Waals surface area contributed by atoms with Crippen LogP contribution in [-0.4, -0.2) is 20.1 Å². The lowest BCUT2D eigenvalue weighted by atomic mass is 10.1. The summed E-state index contributed by atoms with van der Waals surface area (Å²) in [6, 6.07) is 9.10. The van der Waals surface area contributed by atoms with Gasteiger partial charge in [-0.1, -0.05) is 30.3 Å². The molecule has 1 aromatic rings. The maximum absolute atomic E-state index is 11.3. The third-order valence-corrected chi connectivity index (χ3v) is 1.86. The minimum atomic E-state index is -0.369. The van der Waals surface area contributed by atoms with E-state index < -0.39 is 0 Å². The van der Waals surface area contributed by atoms with Crippen LogP contribution in [0.2, 0.25) is 0 Å². The summed E-state index contributed by atoms with van der Waals surface area (Å²) in [7, 11) is 3.12. The van der Waals surface area contributed by atoms with Gasteiger partial charge in [-0.15, -0.1) is 0 Å². The molecule has 0 bridgehead atoms. The monoisotopic (exact) mass is 181 g/mol. The molecule has 0 amide bonds. The maximum atomic E-state index is 11.3. The lowest BCUT2D eigenvalue weighted by Crippen LogP contribution is -2.26. The molecule has 0 saturated carbocycles. The molecule has 0 aliphatic carbocycles. The number of rotatable bonds is 3. The molecule has 13 heavy (non-hydrogen) atoms. The lowest BCUT2D eigenvalue weighted by molar-refractivity contribution is -0.143. The first-order chi connectivity index (χ1) is 6.29. The second-order valence-electron chi connectivity index (χ2n) is 2.66. The van der Waals surface area contributed by atoms with Crippen molar-refractivity contribution >= 4 is 5.97 Å². The fraction of sp³-hybridized carbons (Fsp3) is 0.300. The third-order valence-electron chi connectivity index (χ3n) is 1.86. The van der Waals surface area contributed by atoms with Crippen molar-refractivity contribution in [2.24, 2.45) is 0 Å². The molecule has 1 N–H and O–H groups in total. The fourth-order valence-electron chi connectivity index (χ4n) is 1.18. The second kappa shape index (κ2) is 4.62. The molecule has 3 nitrogen and oxygen atoms in total. The quantitative estimate of drug-likeness (QED) is 0.716. The highest BCUT2D eigenvalue weighted by Crippen LogP contribution is 2.12.